The Balaban J connectivity index is 2.76. The maximum absolute atomic E-state index is 13.6. The van der Waals surface area contributed by atoms with Crippen LogP contribution in [0.4, 0.5) is 13.2 Å². The fourth-order valence-corrected chi connectivity index (χ4v) is 1.76. The fourth-order valence-electron chi connectivity index (χ4n) is 1.61. The number of hydrogen-bond donors (Lipinski definition) is 1. The van der Waals surface area contributed by atoms with Crippen molar-refractivity contribution in [3.63, 3.8) is 0 Å². The van der Waals surface area contributed by atoms with Gasteiger partial charge in [0.1, 0.15) is 22.6 Å². The molecule has 0 amide bonds. The van der Waals surface area contributed by atoms with Gasteiger partial charge in [-0.3, -0.25) is 0 Å². The number of benzene rings is 1. The zero-order valence-corrected chi connectivity index (χ0v) is 9.88. The van der Waals surface area contributed by atoms with Crippen molar-refractivity contribution in [2.75, 3.05) is 0 Å². The summed E-state index contributed by atoms with van der Waals surface area (Å²) < 4.78 is 40.0. The van der Waals surface area contributed by atoms with Gasteiger partial charge in [-0.2, -0.15) is 0 Å². The number of aromatic nitrogens is 1. The number of rotatable bonds is 2. The lowest BCUT2D eigenvalue weighted by Gasteiger charge is -2.08. The van der Waals surface area contributed by atoms with Crippen LogP contribution in [0.15, 0.2) is 24.4 Å². The molecule has 1 aromatic carbocycles. The lowest BCUT2D eigenvalue weighted by molar-refractivity contribution is 0.0697. The number of carbonyl (C=O) groups is 1. The molecule has 3 nitrogen and oxygen atoms in total. The summed E-state index contributed by atoms with van der Waals surface area (Å²) >= 11 is 5.53. The first kappa shape index (κ1) is 13.4. The van der Waals surface area contributed by atoms with E-state index in [0.717, 1.165) is 12.3 Å². The zero-order chi connectivity index (χ0) is 14.2. The molecule has 1 N–H and O–H groups in total. The van der Waals surface area contributed by atoms with Crippen LogP contribution in [0.2, 0.25) is 5.15 Å². The van der Waals surface area contributed by atoms with Crippen LogP contribution < -0.4 is 0 Å². The predicted octanol–water partition coefficient (Wildman–Crippen LogP) is 3.52. The molecule has 0 aliphatic heterocycles. The quantitative estimate of drug-likeness (QED) is 0.860. The van der Waals surface area contributed by atoms with Gasteiger partial charge in [0.05, 0.1) is 11.1 Å². The summed E-state index contributed by atoms with van der Waals surface area (Å²) in [4.78, 5) is 14.6. The second kappa shape index (κ2) is 4.89. The third kappa shape index (κ3) is 2.53. The van der Waals surface area contributed by atoms with E-state index in [1.807, 2.05) is 0 Å². The number of carboxylic acids is 1. The van der Waals surface area contributed by atoms with Gasteiger partial charge in [-0.25, -0.2) is 22.9 Å². The van der Waals surface area contributed by atoms with Gasteiger partial charge in [0.2, 0.25) is 0 Å². The van der Waals surface area contributed by atoms with Gasteiger partial charge >= 0.3 is 5.97 Å². The van der Waals surface area contributed by atoms with Gasteiger partial charge in [-0.05, 0) is 6.07 Å². The van der Waals surface area contributed by atoms with Gasteiger partial charge in [-0.15, -0.1) is 0 Å². The Morgan fingerprint density at radius 3 is 2.26 bits per heavy atom. The van der Waals surface area contributed by atoms with Crippen molar-refractivity contribution in [2.24, 2.45) is 0 Å². The summed E-state index contributed by atoms with van der Waals surface area (Å²) in [5.74, 6) is -4.96. The Bertz CT molecular complexity index is 653. The van der Waals surface area contributed by atoms with Crippen molar-refractivity contribution >= 4 is 17.6 Å². The molecule has 0 atom stereocenters. The maximum Gasteiger partial charge on any atom is 0.336 e. The van der Waals surface area contributed by atoms with E-state index >= 15 is 0 Å². The fraction of sp³-hybridized carbons (Fsp3) is 0. The van der Waals surface area contributed by atoms with Crippen LogP contribution in [-0.2, 0) is 0 Å². The van der Waals surface area contributed by atoms with Crippen LogP contribution in [0.5, 0.6) is 0 Å². The van der Waals surface area contributed by atoms with Crippen molar-refractivity contribution < 1.29 is 23.1 Å². The molecular weight excluding hydrogens is 283 g/mol. The van der Waals surface area contributed by atoms with Gasteiger partial charge in [0.15, 0.2) is 0 Å². The molecular formula is C12H5ClF3NO2. The van der Waals surface area contributed by atoms with Crippen LogP contribution in [0, 0.1) is 17.5 Å². The maximum atomic E-state index is 13.6. The molecule has 98 valence electrons. The Labute approximate surface area is 110 Å². The summed E-state index contributed by atoms with van der Waals surface area (Å²) in [7, 11) is 0. The summed E-state index contributed by atoms with van der Waals surface area (Å²) in [6.45, 7) is 0. The lowest BCUT2D eigenvalue weighted by atomic mass is 10.0. The minimum atomic E-state index is -1.43. The van der Waals surface area contributed by atoms with Crippen molar-refractivity contribution in [1.29, 1.82) is 0 Å². The van der Waals surface area contributed by atoms with E-state index in [1.165, 1.54) is 0 Å². The molecule has 7 heteroatoms. The third-order valence-electron chi connectivity index (χ3n) is 2.38. The zero-order valence-electron chi connectivity index (χ0n) is 9.12. The normalized spacial score (nSPS) is 10.5. The smallest absolute Gasteiger partial charge is 0.336 e. The Morgan fingerprint density at radius 2 is 1.74 bits per heavy atom. The van der Waals surface area contributed by atoms with E-state index in [0.29, 0.717) is 12.1 Å². The first-order chi connectivity index (χ1) is 8.90. The minimum Gasteiger partial charge on any atom is -0.478 e. The van der Waals surface area contributed by atoms with Crippen molar-refractivity contribution in [2.45, 2.75) is 0 Å². The molecule has 0 fully saturated rings. The lowest BCUT2D eigenvalue weighted by Crippen LogP contribution is -2.03. The second-order valence-electron chi connectivity index (χ2n) is 3.60. The van der Waals surface area contributed by atoms with Crippen LogP contribution in [-0.4, -0.2) is 16.1 Å². The molecule has 2 rings (SSSR count). The average molecular weight is 288 g/mol. The van der Waals surface area contributed by atoms with E-state index in [9.17, 15) is 18.0 Å². The van der Waals surface area contributed by atoms with E-state index < -0.39 is 34.5 Å². The van der Waals surface area contributed by atoms with Crippen LogP contribution in [0.25, 0.3) is 11.1 Å². The molecule has 1 aromatic heterocycles. The highest BCUT2D eigenvalue weighted by Gasteiger charge is 2.20. The average Bonchev–Trinajstić information content (AvgIpc) is 2.29. The molecule has 0 spiro atoms. The number of halogens is 4. The minimum absolute atomic E-state index is 0.135. The van der Waals surface area contributed by atoms with Crippen molar-refractivity contribution in [1.82, 2.24) is 4.98 Å². The SMILES string of the molecule is O=C(O)c1cc(Cl)ncc1-c1c(F)cc(F)cc1F. The second-order valence-corrected chi connectivity index (χ2v) is 3.99. The van der Waals surface area contributed by atoms with Crippen LogP contribution in [0.3, 0.4) is 0 Å². The highest BCUT2D eigenvalue weighted by Crippen LogP contribution is 2.30. The van der Waals surface area contributed by atoms with Gasteiger partial charge in [-0.1, -0.05) is 11.6 Å². The Morgan fingerprint density at radius 1 is 1.16 bits per heavy atom. The number of nitrogens with zero attached hydrogens (tertiary/aromatic N) is 1. The number of pyridine rings is 1. The molecule has 2 aromatic rings. The van der Waals surface area contributed by atoms with E-state index in [2.05, 4.69) is 4.98 Å². The Hall–Kier alpha value is -2.08. The first-order valence-electron chi connectivity index (χ1n) is 4.94. The van der Waals surface area contributed by atoms with Crippen molar-refractivity contribution in [3.05, 3.63) is 52.6 Å². The summed E-state index contributed by atoms with van der Waals surface area (Å²) in [6.07, 6.45) is 0.922. The topological polar surface area (TPSA) is 50.2 Å². The summed E-state index contributed by atoms with van der Waals surface area (Å²) in [6, 6.07) is 1.87. The predicted molar refractivity (Wildman–Crippen MR) is 61.5 cm³/mol. The molecule has 1 heterocycles. The largest absolute Gasteiger partial charge is 0.478 e. The first-order valence-corrected chi connectivity index (χ1v) is 5.31. The van der Waals surface area contributed by atoms with Crippen LogP contribution in [0.1, 0.15) is 10.4 Å². The van der Waals surface area contributed by atoms with Crippen LogP contribution >= 0.6 is 11.6 Å². The molecule has 0 unspecified atom stereocenters. The van der Waals surface area contributed by atoms with E-state index in [4.69, 9.17) is 16.7 Å². The van der Waals surface area contributed by atoms with Gasteiger partial charge in [0.25, 0.3) is 0 Å². The van der Waals surface area contributed by atoms with E-state index in [1.54, 1.807) is 0 Å². The van der Waals surface area contributed by atoms with E-state index in [-0.39, 0.29) is 10.7 Å². The molecule has 0 saturated carbocycles. The van der Waals surface area contributed by atoms with Gasteiger partial charge in [0, 0.05) is 23.9 Å². The highest BCUT2D eigenvalue weighted by molar-refractivity contribution is 6.29. The third-order valence-corrected chi connectivity index (χ3v) is 2.58. The monoisotopic (exact) mass is 287 g/mol. The molecule has 0 saturated heterocycles. The number of carboxylic acid groups (broad SMARTS) is 1. The molecule has 0 bridgehead atoms. The van der Waals surface area contributed by atoms with Gasteiger partial charge < -0.3 is 5.11 Å². The number of aromatic carboxylic acids is 1. The Kier molecular flexibility index (Phi) is 3.44. The van der Waals surface area contributed by atoms with Crippen molar-refractivity contribution in [3.8, 4) is 11.1 Å². The molecule has 0 radical (unpaired) electrons. The summed E-state index contributed by atoms with van der Waals surface area (Å²) in [5.41, 5.74) is -1.40. The standard InChI is InChI=1S/C12H5ClF3NO2/c13-10-3-6(12(18)19)7(4-17-10)11-8(15)1-5(14)2-9(11)16/h1-4H,(H,18,19). The molecule has 0 aliphatic rings. The number of hydrogen-bond acceptors (Lipinski definition) is 2. The molecule has 0 aliphatic carbocycles. The molecule has 19 heavy (non-hydrogen) atoms. The summed E-state index contributed by atoms with van der Waals surface area (Å²) in [5, 5.41) is 8.85. The highest BCUT2D eigenvalue weighted by atomic mass is 35.5.